The molecule has 0 aliphatic carbocycles. The number of carbonyl (C=O) groups excluding carboxylic acids is 1. The molecule has 0 saturated heterocycles. The predicted molar refractivity (Wildman–Crippen MR) is 67.2 cm³/mol. The summed E-state index contributed by atoms with van der Waals surface area (Å²) >= 11 is 0. The van der Waals surface area contributed by atoms with Gasteiger partial charge in [0.2, 0.25) is 0 Å². The molecular formula is C14H17NO2. The first-order chi connectivity index (χ1) is 8.13. The summed E-state index contributed by atoms with van der Waals surface area (Å²) in [5.74, 6) is 5.10. The lowest BCUT2D eigenvalue weighted by molar-refractivity contribution is -0.117. The summed E-state index contributed by atoms with van der Waals surface area (Å²) in [7, 11) is 0. The summed E-state index contributed by atoms with van der Waals surface area (Å²) in [6.45, 7) is 3.80. The Kier molecular flexibility index (Phi) is 5.25. The summed E-state index contributed by atoms with van der Waals surface area (Å²) in [6, 6.07) is 9.07. The molecule has 1 amide bonds. The van der Waals surface area contributed by atoms with Crippen LogP contribution in [0.25, 0.3) is 0 Å². The Morgan fingerprint density at radius 2 is 2.00 bits per heavy atom. The molecule has 0 unspecified atom stereocenters. The van der Waals surface area contributed by atoms with Crippen molar-refractivity contribution >= 4 is 5.91 Å². The Labute approximate surface area is 102 Å². The Morgan fingerprint density at radius 1 is 1.35 bits per heavy atom. The molecular weight excluding hydrogens is 214 g/mol. The predicted octanol–water partition coefficient (Wildman–Crippen LogP) is 1.17. The van der Waals surface area contributed by atoms with Gasteiger partial charge in [0, 0.05) is 11.5 Å². The SMILES string of the molecule is CC(C)[C@@H](CO)NC(=O)C#Cc1ccccc1. The molecule has 2 N–H and O–H groups in total. The maximum atomic E-state index is 11.5. The molecule has 17 heavy (non-hydrogen) atoms. The standard InChI is InChI=1S/C14H17NO2/c1-11(2)13(10-16)15-14(17)9-8-12-6-4-3-5-7-12/h3-7,11,13,16H,10H2,1-2H3,(H,15,17)/t13-/m1/s1. The minimum atomic E-state index is -0.360. The number of rotatable bonds is 3. The number of aliphatic hydroxyl groups excluding tert-OH is 1. The van der Waals surface area contributed by atoms with Gasteiger partial charge in [0.1, 0.15) is 0 Å². The van der Waals surface area contributed by atoms with E-state index >= 15 is 0 Å². The lowest BCUT2D eigenvalue weighted by atomic mass is 10.1. The number of aliphatic hydroxyl groups is 1. The van der Waals surface area contributed by atoms with E-state index in [1.165, 1.54) is 0 Å². The normalized spacial score (nSPS) is 11.5. The van der Waals surface area contributed by atoms with Gasteiger partial charge in [-0.3, -0.25) is 4.79 Å². The van der Waals surface area contributed by atoms with Gasteiger partial charge in [-0.05, 0) is 18.1 Å². The quantitative estimate of drug-likeness (QED) is 0.767. The second-order valence-corrected chi connectivity index (χ2v) is 4.12. The van der Waals surface area contributed by atoms with Crippen LogP contribution in [0.3, 0.4) is 0 Å². The van der Waals surface area contributed by atoms with Gasteiger partial charge in [0.15, 0.2) is 0 Å². The maximum absolute atomic E-state index is 11.5. The second-order valence-electron chi connectivity index (χ2n) is 4.12. The molecule has 0 radical (unpaired) electrons. The Hall–Kier alpha value is -1.79. The van der Waals surface area contributed by atoms with E-state index in [1.54, 1.807) is 0 Å². The van der Waals surface area contributed by atoms with E-state index < -0.39 is 0 Å². The fourth-order valence-electron chi connectivity index (χ4n) is 1.28. The van der Waals surface area contributed by atoms with Gasteiger partial charge in [-0.1, -0.05) is 38.0 Å². The fraction of sp³-hybridized carbons (Fsp3) is 0.357. The molecule has 1 rings (SSSR count). The van der Waals surface area contributed by atoms with Gasteiger partial charge >= 0.3 is 0 Å². The maximum Gasteiger partial charge on any atom is 0.296 e. The first-order valence-corrected chi connectivity index (χ1v) is 5.62. The molecule has 1 aromatic rings. The van der Waals surface area contributed by atoms with E-state index in [0.717, 1.165) is 5.56 Å². The van der Waals surface area contributed by atoms with E-state index in [1.807, 2.05) is 44.2 Å². The van der Waals surface area contributed by atoms with Crippen LogP contribution < -0.4 is 5.32 Å². The summed E-state index contributed by atoms with van der Waals surface area (Å²) in [5.41, 5.74) is 0.799. The smallest absolute Gasteiger partial charge is 0.296 e. The van der Waals surface area contributed by atoms with Crippen molar-refractivity contribution in [2.24, 2.45) is 5.92 Å². The van der Waals surface area contributed by atoms with Crippen LogP contribution in [0.2, 0.25) is 0 Å². The average Bonchev–Trinajstić information content (AvgIpc) is 2.34. The number of hydrogen-bond donors (Lipinski definition) is 2. The number of nitrogens with one attached hydrogen (secondary N) is 1. The molecule has 0 heterocycles. The van der Waals surface area contributed by atoms with Gasteiger partial charge in [-0.2, -0.15) is 0 Å². The van der Waals surface area contributed by atoms with E-state index in [-0.39, 0.29) is 24.5 Å². The molecule has 1 atom stereocenters. The zero-order valence-corrected chi connectivity index (χ0v) is 10.1. The molecule has 0 aliphatic heterocycles. The number of carbonyl (C=O) groups is 1. The molecule has 3 nitrogen and oxygen atoms in total. The minimum absolute atomic E-state index is 0.0730. The Bertz CT molecular complexity index is 415. The van der Waals surface area contributed by atoms with Gasteiger partial charge < -0.3 is 10.4 Å². The average molecular weight is 231 g/mol. The zero-order valence-electron chi connectivity index (χ0n) is 10.1. The third kappa shape index (κ3) is 4.71. The van der Waals surface area contributed by atoms with E-state index in [9.17, 15) is 4.79 Å². The molecule has 0 fully saturated rings. The highest BCUT2D eigenvalue weighted by molar-refractivity contribution is 5.94. The molecule has 1 aromatic carbocycles. The summed E-state index contributed by atoms with van der Waals surface area (Å²) in [6.07, 6.45) is 0. The van der Waals surface area contributed by atoms with E-state index in [0.29, 0.717) is 0 Å². The second kappa shape index (κ2) is 6.72. The van der Waals surface area contributed by atoms with Gasteiger partial charge in [0.05, 0.1) is 12.6 Å². The van der Waals surface area contributed by atoms with Crippen LogP contribution in [-0.2, 0) is 4.79 Å². The van der Waals surface area contributed by atoms with Gasteiger partial charge in [0.25, 0.3) is 5.91 Å². The lowest BCUT2D eigenvalue weighted by Gasteiger charge is -2.17. The van der Waals surface area contributed by atoms with Crippen LogP contribution >= 0.6 is 0 Å². The van der Waals surface area contributed by atoms with Crippen molar-refractivity contribution in [3.63, 3.8) is 0 Å². The summed E-state index contributed by atoms with van der Waals surface area (Å²) in [5, 5.41) is 11.7. The van der Waals surface area contributed by atoms with E-state index in [4.69, 9.17) is 5.11 Å². The molecule has 90 valence electrons. The monoisotopic (exact) mass is 231 g/mol. The van der Waals surface area contributed by atoms with Gasteiger partial charge in [-0.15, -0.1) is 0 Å². The number of benzene rings is 1. The Balaban J connectivity index is 2.59. The molecule has 0 aliphatic rings. The number of hydrogen-bond acceptors (Lipinski definition) is 2. The third-order valence-corrected chi connectivity index (χ3v) is 2.41. The Morgan fingerprint density at radius 3 is 2.53 bits per heavy atom. The van der Waals surface area contributed by atoms with Crippen molar-refractivity contribution in [1.29, 1.82) is 0 Å². The first kappa shape index (κ1) is 13.3. The highest BCUT2D eigenvalue weighted by Crippen LogP contribution is 1.99. The summed E-state index contributed by atoms with van der Waals surface area (Å²) in [4.78, 5) is 11.5. The molecule has 0 saturated carbocycles. The lowest BCUT2D eigenvalue weighted by Crippen LogP contribution is -2.40. The van der Waals surface area contributed by atoms with Crippen LogP contribution in [0.5, 0.6) is 0 Å². The van der Waals surface area contributed by atoms with Crippen LogP contribution in [0, 0.1) is 17.8 Å². The van der Waals surface area contributed by atoms with Gasteiger partial charge in [-0.25, -0.2) is 0 Å². The van der Waals surface area contributed by atoms with Crippen LogP contribution in [0.15, 0.2) is 30.3 Å². The van der Waals surface area contributed by atoms with Crippen molar-refractivity contribution in [1.82, 2.24) is 5.32 Å². The van der Waals surface area contributed by atoms with Crippen LogP contribution in [0.4, 0.5) is 0 Å². The van der Waals surface area contributed by atoms with Crippen molar-refractivity contribution in [2.75, 3.05) is 6.61 Å². The van der Waals surface area contributed by atoms with Crippen LogP contribution in [0.1, 0.15) is 19.4 Å². The highest BCUT2D eigenvalue weighted by atomic mass is 16.3. The first-order valence-electron chi connectivity index (χ1n) is 5.62. The summed E-state index contributed by atoms with van der Waals surface area (Å²) < 4.78 is 0. The van der Waals surface area contributed by atoms with E-state index in [2.05, 4.69) is 17.2 Å². The fourth-order valence-corrected chi connectivity index (χ4v) is 1.28. The molecule has 0 spiro atoms. The minimum Gasteiger partial charge on any atom is -0.394 e. The molecule has 3 heteroatoms. The third-order valence-electron chi connectivity index (χ3n) is 2.41. The molecule has 0 aromatic heterocycles. The topological polar surface area (TPSA) is 49.3 Å². The van der Waals surface area contributed by atoms with Crippen molar-refractivity contribution < 1.29 is 9.90 Å². The highest BCUT2D eigenvalue weighted by Gasteiger charge is 2.13. The van der Waals surface area contributed by atoms with Crippen LogP contribution in [-0.4, -0.2) is 23.7 Å². The largest absolute Gasteiger partial charge is 0.394 e. The number of amides is 1. The zero-order chi connectivity index (χ0) is 12.7. The van der Waals surface area contributed by atoms with Crippen molar-refractivity contribution in [2.45, 2.75) is 19.9 Å². The van der Waals surface area contributed by atoms with Crippen molar-refractivity contribution in [3.05, 3.63) is 35.9 Å². The molecule has 0 bridgehead atoms. The van der Waals surface area contributed by atoms with Crippen molar-refractivity contribution in [3.8, 4) is 11.8 Å².